The molecule has 2 unspecified atom stereocenters. The van der Waals surface area contributed by atoms with Crippen molar-refractivity contribution in [2.24, 2.45) is 0 Å². The third kappa shape index (κ3) is 7.13. The van der Waals surface area contributed by atoms with Gasteiger partial charge >= 0.3 is 0 Å². The summed E-state index contributed by atoms with van der Waals surface area (Å²) in [5, 5.41) is 0. The van der Waals surface area contributed by atoms with Gasteiger partial charge in [-0.1, -0.05) is 95.0 Å². The Bertz CT molecular complexity index is 359. The maximum absolute atomic E-state index is 2.61. The van der Waals surface area contributed by atoms with Crippen molar-refractivity contribution in [3.8, 4) is 0 Å². The molecule has 1 aromatic rings. The Kier molecular flexibility index (Phi) is 7.88. The molecule has 0 aromatic heterocycles. The number of nitrogens with zero attached hydrogens (tertiary/aromatic N) is 1. The quantitative estimate of drug-likeness (QED) is 0.347. The highest BCUT2D eigenvalue weighted by atomic mass is 15.3. The predicted molar refractivity (Wildman–Crippen MR) is 92.5 cm³/mol. The standard InChI is InChI=1S/C20H33N/c1-2-3-4-5-6-7-8-9-13-16-20-18-21(20)17-19-14-11-10-12-15-19/h10-12,14-15,20H,2-9,13,16-18H2,1H3. The van der Waals surface area contributed by atoms with Crippen LogP contribution in [0.25, 0.3) is 0 Å². The van der Waals surface area contributed by atoms with Gasteiger partial charge in [-0.3, -0.25) is 4.90 Å². The molecule has 2 atom stereocenters. The fourth-order valence-corrected chi connectivity index (χ4v) is 3.20. The maximum Gasteiger partial charge on any atom is 0.0237 e. The van der Waals surface area contributed by atoms with Crippen LogP contribution in [0.1, 0.15) is 76.7 Å². The molecule has 0 N–H and O–H groups in total. The molecule has 0 bridgehead atoms. The monoisotopic (exact) mass is 287 g/mol. The maximum atomic E-state index is 2.61. The number of rotatable bonds is 12. The van der Waals surface area contributed by atoms with Crippen LogP contribution < -0.4 is 0 Å². The lowest BCUT2D eigenvalue weighted by atomic mass is 10.1. The first-order valence-corrected chi connectivity index (χ1v) is 9.18. The first-order valence-electron chi connectivity index (χ1n) is 9.18. The molecule has 0 radical (unpaired) electrons. The van der Waals surface area contributed by atoms with Gasteiger partial charge in [0.25, 0.3) is 0 Å². The highest BCUT2D eigenvalue weighted by molar-refractivity contribution is 5.15. The Labute approximate surface area is 131 Å². The molecule has 1 saturated heterocycles. The third-order valence-corrected chi connectivity index (χ3v) is 4.70. The summed E-state index contributed by atoms with van der Waals surface area (Å²) in [5.41, 5.74) is 1.46. The fraction of sp³-hybridized carbons (Fsp3) is 0.700. The molecule has 0 spiro atoms. The Morgan fingerprint density at radius 1 is 0.857 bits per heavy atom. The van der Waals surface area contributed by atoms with Gasteiger partial charge in [-0.2, -0.15) is 0 Å². The van der Waals surface area contributed by atoms with Gasteiger partial charge in [0, 0.05) is 19.1 Å². The van der Waals surface area contributed by atoms with Crippen molar-refractivity contribution < 1.29 is 0 Å². The van der Waals surface area contributed by atoms with Crippen LogP contribution in [0.2, 0.25) is 0 Å². The first kappa shape index (κ1) is 16.5. The summed E-state index contributed by atoms with van der Waals surface area (Å²) in [6, 6.07) is 11.8. The molecule has 1 fully saturated rings. The highest BCUT2D eigenvalue weighted by Crippen LogP contribution is 2.26. The van der Waals surface area contributed by atoms with E-state index in [4.69, 9.17) is 0 Å². The van der Waals surface area contributed by atoms with Crippen LogP contribution in [-0.2, 0) is 6.54 Å². The number of benzene rings is 1. The van der Waals surface area contributed by atoms with E-state index in [1.807, 2.05) is 0 Å². The van der Waals surface area contributed by atoms with E-state index in [1.54, 1.807) is 0 Å². The Morgan fingerprint density at radius 3 is 2.14 bits per heavy atom. The van der Waals surface area contributed by atoms with Crippen molar-refractivity contribution >= 4 is 0 Å². The highest BCUT2D eigenvalue weighted by Gasteiger charge is 2.32. The van der Waals surface area contributed by atoms with E-state index in [-0.39, 0.29) is 0 Å². The zero-order chi connectivity index (χ0) is 14.8. The van der Waals surface area contributed by atoms with Gasteiger partial charge in [0.15, 0.2) is 0 Å². The second-order valence-corrected chi connectivity index (χ2v) is 6.69. The minimum atomic E-state index is 0.884. The molecule has 1 heteroatoms. The molecule has 118 valence electrons. The normalized spacial score (nSPS) is 20.6. The van der Waals surface area contributed by atoms with Crippen LogP contribution in [0.15, 0.2) is 30.3 Å². The van der Waals surface area contributed by atoms with Gasteiger partial charge < -0.3 is 0 Å². The van der Waals surface area contributed by atoms with E-state index in [0.29, 0.717) is 0 Å². The zero-order valence-corrected chi connectivity index (χ0v) is 13.9. The van der Waals surface area contributed by atoms with Crippen LogP contribution in [0.3, 0.4) is 0 Å². The summed E-state index contributed by atoms with van der Waals surface area (Å²) in [7, 11) is 0. The summed E-state index contributed by atoms with van der Waals surface area (Å²) in [6.45, 7) is 4.77. The van der Waals surface area contributed by atoms with Gasteiger partial charge in [-0.25, -0.2) is 0 Å². The largest absolute Gasteiger partial charge is 0.293 e. The van der Waals surface area contributed by atoms with E-state index < -0.39 is 0 Å². The number of hydrogen-bond donors (Lipinski definition) is 0. The van der Waals surface area contributed by atoms with E-state index in [9.17, 15) is 0 Å². The zero-order valence-electron chi connectivity index (χ0n) is 13.9. The van der Waals surface area contributed by atoms with Crippen molar-refractivity contribution in [3.63, 3.8) is 0 Å². The van der Waals surface area contributed by atoms with Gasteiger partial charge in [-0.05, 0) is 12.0 Å². The summed E-state index contributed by atoms with van der Waals surface area (Å²) < 4.78 is 0. The van der Waals surface area contributed by atoms with Crippen LogP contribution in [0, 0.1) is 0 Å². The minimum absolute atomic E-state index is 0.884. The molecule has 0 aliphatic carbocycles. The van der Waals surface area contributed by atoms with E-state index >= 15 is 0 Å². The Morgan fingerprint density at radius 2 is 1.48 bits per heavy atom. The summed E-state index contributed by atoms with van der Waals surface area (Å²) in [6.07, 6.45) is 14.4. The molecule has 1 aromatic carbocycles. The summed E-state index contributed by atoms with van der Waals surface area (Å²) in [5.74, 6) is 0. The molecule has 0 saturated carbocycles. The van der Waals surface area contributed by atoms with Gasteiger partial charge in [0.05, 0.1) is 0 Å². The van der Waals surface area contributed by atoms with E-state index in [0.717, 1.165) is 12.6 Å². The molecular weight excluding hydrogens is 254 g/mol. The SMILES string of the molecule is CCCCCCCCCCCC1CN1Cc1ccccc1. The van der Waals surface area contributed by atoms with Crippen LogP contribution in [0.5, 0.6) is 0 Å². The smallest absolute Gasteiger partial charge is 0.0237 e. The molecule has 0 amide bonds. The van der Waals surface area contributed by atoms with Crippen molar-refractivity contribution in [2.75, 3.05) is 6.54 Å². The molecular formula is C20H33N. The molecule has 2 rings (SSSR count). The molecule has 21 heavy (non-hydrogen) atoms. The van der Waals surface area contributed by atoms with Crippen molar-refractivity contribution in [1.82, 2.24) is 4.90 Å². The molecule has 1 heterocycles. The minimum Gasteiger partial charge on any atom is -0.293 e. The van der Waals surface area contributed by atoms with Crippen LogP contribution in [0.4, 0.5) is 0 Å². The third-order valence-electron chi connectivity index (χ3n) is 4.70. The number of hydrogen-bond acceptors (Lipinski definition) is 1. The molecule has 1 nitrogen and oxygen atoms in total. The van der Waals surface area contributed by atoms with Crippen molar-refractivity contribution in [3.05, 3.63) is 35.9 Å². The fourth-order valence-electron chi connectivity index (χ4n) is 3.20. The lowest BCUT2D eigenvalue weighted by Crippen LogP contribution is -2.02. The second kappa shape index (κ2) is 10.00. The van der Waals surface area contributed by atoms with Gasteiger partial charge in [0.2, 0.25) is 0 Å². The second-order valence-electron chi connectivity index (χ2n) is 6.69. The van der Waals surface area contributed by atoms with Crippen LogP contribution >= 0.6 is 0 Å². The van der Waals surface area contributed by atoms with Crippen molar-refractivity contribution in [2.45, 2.75) is 83.7 Å². The first-order chi connectivity index (χ1) is 10.4. The lowest BCUT2D eigenvalue weighted by molar-refractivity contribution is 0.469. The van der Waals surface area contributed by atoms with Crippen molar-refractivity contribution in [1.29, 1.82) is 0 Å². The van der Waals surface area contributed by atoms with Gasteiger partial charge in [-0.15, -0.1) is 0 Å². The average Bonchev–Trinajstić information content (AvgIpc) is 3.24. The number of unbranched alkanes of at least 4 members (excludes halogenated alkanes) is 8. The lowest BCUT2D eigenvalue weighted by Gasteiger charge is -2.04. The molecule has 1 aliphatic heterocycles. The average molecular weight is 287 g/mol. The Hall–Kier alpha value is -0.820. The molecule has 1 aliphatic rings. The topological polar surface area (TPSA) is 3.01 Å². The summed E-state index contributed by atoms with van der Waals surface area (Å²) in [4.78, 5) is 2.61. The predicted octanol–water partition coefficient (Wildman–Crippen LogP) is 5.79. The van der Waals surface area contributed by atoms with E-state index in [1.165, 1.54) is 76.3 Å². The summed E-state index contributed by atoms with van der Waals surface area (Å²) >= 11 is 0. The van der Waals surface area contributed by atoms with E-state index in [2.05, 4.69) is 42.2 Å². The Balaban J connectivity index is 1.39. The van der Waals surface area contributed by atoms with Crippen LogP contribution in [-0.4, -0.2) is 17.5 Å². The van der Waals surface area contributed by atoms with Gasteiger partial charge in [0.1, 0.15) is 0 Å².